The average Bonchev–Trinajstić information content (AvgIpc) is 2.43. The van der Waals surface area contributed by atoms with E-state index in [1.165, 1.54) is 0 Å². The first-order chi connectivity index (χ1) is 9.41. The van der Waals surface area contributed by atoms with Gasteiger partial charge in [0, 0.05) is 0 Å². The standard InChI is InChI=1S/C12H26O7.2ClH/c13-1-3-15-5-7-17-9-11-19-12-10-18-8-6-16-4-2-14;;/h13-14H,1-12H2;2*1H/p-2. The second kappa shape index (κ2) is 25.3. The van der Waals surface area contributed by atoms with Gasteiger partial charge in [-0.05, 0) is 0 Å². The van der Waals surface area contributed by atoms with Crippen molar-refractivity contribution in [3.63, 3.8) is 0 Å². The van der Waals surface area contributed by atoms with E-state index in [0.29, 0.717) is 66.1 Å². The third-order valence-corrected chi connectivity index (χ3v) is 1.96. The minimum absolute atomic E-state index is 0. The van der Waals surface area contributed by atoms with E-state index < -0.39 is 0 Å². The highest BCUT2D eigenvalue weighted by Crippen LogP contribution is 1.83. The number of halogens is 2. The van der Waals surface area contributed by atoms with Gasteiger partial charge in [0.25, 0.3) is 0 Å². The number of ether oxygens (including phenoxy) is 5. The molecule has 0 saturated carbocycles. The summed E-state index contributed by atoms with van der Waals surface area (Å²) in [6.45, 7) is 4.80. The molecule has 0 rings (SSSR count). The van der Waals surface area contributed by atoms with E-state index in [1.807, 2.05) is 0 Å². The van der Waals surface area contributed by atoms with Crippen LogP contribution in [0.15, 0.2) is 0 Å². The maximum Gasteiger partial charge on any atom is 0.0701 e. The Balaban J connectivity index is -0.00000162. The number of hydrogen-bond donors (Lipinski definition) is 2. The zero-order valence-corrected chi connectivity index (χ0v) is 13.7. The molecule has 0 atom stereocenters. The smallest absolute Gasteiger partial charge is 0.0701 e. The third-order valence-electron chi connectivity index (χ3n) is 1.96. The average molecular weight is 353 g/mol. The van der Waals surface area contributed by atoms with Gasteiger partial charge < -0.3 is 58.7 Å². The van der Waals surface area contributed by atoms with Crippen LogP contribution in [0.3, 0.4) is 0 Å². The van der Waals surface area contributed by atoms with Gasteiger partial charge in [-0.1, -0.05) is 0 Å². The van der Waals surface area contributed by atoms with Crippen LogP contribution in [0.4, 0.5) is 0 Å². The van der Waals surface area contributed by atoms with Gasteiger partial charge in [-0.3, -0.25) is 0 Å². The molecular weight excluding hydrogens is 327 g/mol. The lowest BCUT2D eigenvalue weighted by atomic mass is 10.7. The Bertz CT molecular complexity index is 151. The highest BCUT2D eigenvalue weighted by atomic mass is 35.5. The first-order valence-electron chi connectivity index (χ1n) is 6.52. The molecule has 7 nitrogen and oxygen atoms in total. The van der Waals surface area contributed by atoms with E-state index in [9.17, 15) is 0 Å². The van der Waals surface area contributed by atoms with Gasteiger partial charge in [0.1, 0.15) is 0 Å². The van der Waals surface area contributed by atoms with Crippen LogP contribution in [0.5, 0.6) is 0 Å². The lowest BCUT2D eigenvalue weighted by molar-refractivity contribution is -0.0151. The molecule has 0 aromatic heterocycles. The molecule has 132 valence electrons. The van der Waals surface area contributed by atoms with Crippen LogP contribution in [0.25, 0.3) is 0 Å². The van der Waals surface area contributed by atoms with Crippen molar-refractivity contribution in [2.45, 2.75) is 0 Å². The Labute approximate surface area is 138 Å². The van der Waals surface area contributed by atoms with E-state index in [2.05, 4.69) is 0 Å². The second-order valence-corrected chi connectivity index (χ2v) is 3.51. The van der Waals surface area contributed by atoms with E-state index in [-0.39, 0.29) is 38.0 Å². The SMILES string of the molecule is OCCOCCOCCOCCOCCOCCO.[Cl-].[Cl-]. The number of hydrogen-bond acceptors (Lipinski definition) is 7. The summed E-state index contributed by atoms with van der Waals surface area (Å²) in [6, 6.07) is 0. The maximum atomic E-state index is 8.45. The fourth-order valence-corrected chi connectivity index (χ4v) is 1.11. The predicted octanol–water partition coefficient (Wildman–Crippen LogP) is -6.94. The number of aliphatic hydroxyl groups excluding tert-OH is 2. The molecule has 0 radical (unpaired) electrons. The lowest BCUT2D eigenvalue weighted by Gasteiger charge is -2.07. The molecule has 0 spiro atoms. The molecule has 0 aliphatic carbocycles. The second-order valence-electron chi connectivity index (χ2n) is 3.51. The zero-order valence-electron chi connectivity index (χ0n) is 12.2. The van der Waals surface area contributed by atoms with Crippen molar-refractivity contribution >= 4 is 0 Å². The number of aliphatic hydroxyl groups is 2. The van der Waals surface area contributed by atoms with Gasteiger partial charge in [0.05, 0.1) is 79.3 Å². The van der Waals surface area contributed by atoms with Crippen molar-refractivity contribution in [1.82, 2.24) is 0 Å². The monoisotopic (exact) mass is 352 g/mol. The van der Waals surface area contributed by atoms with Crippen LogP contribution in [0.1, 0.15) is 0 Å². The van der Waals surface area contributed by atoms with Gasteiger partial charge in [0.2, 0.25) is 0 Å². The van der Waals surface area contributed by atoms with Gasteiger partial charge in [0.15, 0.2) is 0 Å². The molecule has 2 N–H and O–H groups in total. The van der Waals surface area contributed by atoms with Gasteiger partial charge in [-0.15, -0.1) is 0 Å². The van der Waals surface area contributed by atoms with Crippen LogP contribution in [0.2, 0.25) is 0 Å². The molecular formula is C12H26Cl2O7-2. The van der Waals surface area contributed by atoms with E-state index >= 15 is 0 Å². The van der Waals surface area contributed by atoms with Gasteiger partial charge in [-0.25, -0.2) is 0 Å². The van der Waals surface area contributed by atoms with Crippen LogP contribution < -0.4 is 24.8 Å². The molecule has 0 amide bonds. The van der Waals surface area contributed by atoms with Gasteiger partial charge in [-0.2, -0.15) is 0 Å². The Morgan fingerprint density at radius 2 is 0.571 bits per heavy atom. The minimum Gasteiger partial charge on any atom is -1.00 e. The normalized spacial score (nSPS) is 10.0. The largest absolute Gasteiger partial charge is 1.00 e. The summed E-state index contributed by atoms with van der Waals surface area (Å²) in [5.41, 5.74) is 0. The fourth-order valence-electron chi connectivity index (χ4n) is 1.11. The van der Waals surface area contributed by atoms with Crippen LogP contribution in [-0.4, -0.2) is 89.5 Å². The Kier molecular flexibility index (Phi) is 31.5. The molecule has 0 bridgehead atoms. The molecule has 0 unspecified atom stereocenters. The quantitative estimate of drug-likeness (QED) is 0.267. The fraction of sp³-hybridized carbons (Fsp3) is 1.00. The molecule has 0 aromatic carbocycles. The summed E-state index contributed by atoms with van der Waals surface area (Å²) in [5, 5.41) is 16.9. The van der Waals surface area contributed by atoms with Crippen molar-refractivity contribution in [3.8, 4) is 0 Å². The van der Waals surface area contributed by atoms with Crippen molar-refractivity contribution in [2.24, 2.45) is 0 Å². The summed E-state index contributed by atoms with van der Waals surface area (Å²) >= 11 is 0. The molecule has 9 heteroatoms. The van der Waals surface area contributed by atoms with Crippen LogP contribution >= 0.6 is 0 Å². The summed E-state index contributed by atoms with van der Waals surface area (Å²) in [6.07, 6.45) is 0. The number of rotatable bonds is 16. The Morgan fingerprint density at radius 3 is 0.762 bits per heavy atom. The first-order valence-corrected chi connectivity index (χ1v) is 6.52. The Hall–Kier alpha value is 0.300. The summed E-state index contributed by atoms with van der Waals surface area (Å²) < 4.78 is 25.8. The molecule has 21 heavy (non-hydrogen) atoms. The molecule has 0 saturated heterocycles. The molecule has 0 aliphatic rings. The van der Waals surface area contributed by atoms with Crippen LogP contribution in [-0.2, 0) is 23.7 Å². The predicted molar refractivity (Wildman–Crippen MR) is 68.3 cm³/mol. The summed E-state index contributed by atoms with van der Waals surface area (Å²) in [5.74, 6) is 0. The maximum absolute atomic E-state index is 8.45. The van der Waals surface area contributed by atoms with Crippen molar-refractivity contribution < 1.29 is 58.7 Å². The summed E-state index contributed by atoms with van der Waals surface area (Å²) in [4.78, 5) is 0. The molecule has 0 aliphatic heterocycles. The van der Waals surface area contributed by atoms with Gasteiger partial charge >= 0.3 is 0 Å². The highest BCUT2D eigenvalue weighted by molar-refractivity contribution is 4.35. The molecule has 0 heterocycles. The highest BCUT2D eigenvalue weighted by Gasteiger charge is 1.92. The topological polar surface area (TPSA) is 86.6 Å². The van der Waals surface area contributed by atoms with E-state index in [4.69, 9.17) is 33.9 Å². The minimum atomic E-state index is 0. The van der Waals surface area contributed by atoms with Crippen LogP contribution in [0, 0.1) is 0 Å². The zero-order chi connectivity index (χ0) is 14.0. The van der Waals surface area contributed by atoms with Crippen molar-refractivity contribution in [1.29, 1.82) is 0 Å². The Morgan fingerprint density at radius 1 is 0.381 bits per heavy atom. The van der Waals surface area contributed by atoms with E-state index in [1.54, 1.807) is 0 Å². The van der Waals surface area contributed by atoms with E-state index in [0.717, 1.165) is 0 Å². The van der Waals surface area contributed by atoms with Crippen molar-refractivity contribution in [3.05, 3.63) is 0 Å². The summed E-state index contributed by atoms with van der Waals surface area (Å²) in [7, 11) is 0. The van der Waals surface area contributed by atoms with Crippen molar-refractivity contribution in [2.75, 3.05) is 79.3 Å². The lowest BCUT2D eigenvalue weighted by Crippen LogP contribution is -3.00. The first kappa shape index (κ1) is 26.2. The third kappa shape index (κ3) is 25.6. The molecule has 0 fully saturated rings. The molecule has 0 aromatic rings.